The van der Waals surface area contributed by atoms with Gasteiger partial charge in [-0.2, -0.15) is 5.26 Å². The fourth-order valence-corrected chi connectivity index (χ4v) is 3.74. The Morgan fingerprint density at radius 1 is 1.29 bits per heavy atom. The average Bonchev–Trinajstić information content (AvgIpc) is 3.00. The summed E-state index contributed by atoms with van der Waals surface area (Å²) in [7, 11) is 0. The minimum absolute atomic E-state index is 0.0378. The summed E-state index contributed by atoms with van der Waals surface area (Å²) in [5, 5.41) is 12.2. The number of nitrogens with one attached hydrogen (secondary N) is 1. The first-order valence-corrected chi connectivity index (χ1v) is 8.12. The highest BCUT2D eigenvalue weighted by atomic mass is 16.2. The zero-order chi connectivity index (χ0) is 16.7. The summed E-state index contributed by atoms with van der Waals surface area (Å²) in [4.78, 5) is 18.6. The molecule has 2 aromatic rings. The Labute approximate surface area is 140 Å². The van der Waals surface area contributed by atoms with Gasteiger partial charge in [0.2, 0.25) is 5.91 Å². The smallest absolute Gasteiger partial charge is 0.232 e. The monoisotopic (exact) mass is 318 g/mol. The van der Waals surface area contributed by atoms with Crippen LogP contribution in [0.2, 0.25) is 0 Å². The highest BCUT2D eigenvalue weighted by molar-refractivity contribution is 5.99. The number of aromatic nitrogens is 1. The van der Waals surface area contributed by atoms with Crippen molar-refractivity contribution in [2.75, 3.05) is 18.4 Å². The number of nitriles is 1. The van der Waals surface area contributed by atoms with Crippen LogP contribution in [0.1, 0.15) is 17.7 Å². The molecule has 2 aliphatic rings. The topological polar surface area (TPSA) is 69.0 Å². The zero-order valence-electron chi connectivity index (χ0n) is 13.5. The average molecular weight is 318 g/mol. The van der Waals surface area contributed by atoms with Crippen LogP contribution in [0.3, 0.4) is 0 Å². The van der Waals surface area contributed by atoms with Crippen molar-refractivity contribution in [3.05, 3.63) is 47.8 Å². The normalized spacial score (nSPS) is 22.2. The van der Waals surface area contributed by atoms with Crippen LogP contribution in [-0.4, -0.2) is 28.9 Å². The van der Waals surface area contributed by atoms with Crippen molar-refractivity contribution in [1.29, 1.82) is 5.26 Å². The van der Waals surface area contributed by atoms with Crippen LogP contribution < -0.4 is 5.32 Å². The summed E-state index contributed by atoms with van der Waals surface area (Å²) >= 11 is 0. The predicted molar refractivity (Wildman–Crippen MR) is 91.0 cm³/mol. The Kier molecular flexibility index (Phi) is 3.27. The first-order valence-electron chi connectivity index (χ1n) is 8.12. The molecule has 0 radical (unpaired) electrons. The van der Waals surface area contributed by atoms with Gasteiger partial charge in [-0.25, -0.2) is 0 Å². The minimum atomic E-state index is -0.461. The molecule has 1 saturated heterocycles. The molecule has 5 nitrogen and oxygen atoms in total. The summed E-state index contributed by atoms with van der Waals surface area (Å²) in [5.41, 5.74) is 4.70. The number of aryl methyl sites for hydroxylation is 1. The van der Waals surface area contributed by atoms with Gasteiger partial charge >= 0.3 is 0 Å². The number of hydrogen-bond acceptors (Lipinski definition) is 4. The number of hydrogen-bond donors (Lipinski definition) is 1. The van der Waals surface area contributed by atoms with E-state index in [1.807, 2.05) is 25.1 Å². The standard InChI is InChI=1S/C19H18N4O/c1-13-8-15(4-6-21-13)14-2-3-16-10-19(5-7-23(11-19)12-20)18(24)22-17(16)9-14/h2-4,6,8-9H,5,7,10-11H2,1H3,(H,22,24). The van der Waals surface area contributed by atoms with Crippen molar-refractivity contribution in [2.24, 2.45) is 5.41 Å². The zero-order valence-corrected chi connectivity index (χ0v) is 13.5. The number of anilines is 1. The van der Waals surface area contributed by atoms with E-state index < -0.39 is 5.41 Å². The van der Waals surface area contributed by atoms with Gasteiger partial charge in [0.15, 0.2) is 6.19 Å². The number of amides is 1. The maximum Gasteiger partial charge on any atom is 0.232 e. The lowest BCUT2D eigenvalue weighted by atomic mass is 9.76. The summed E-state index contributed by atoms with van der Waals surface area (Å²) in [6, 6.07) is 10.2. The van der Waals surface area contributed by atoms with Crippen molar-refractivity contribution in [3.63, 3.8) is 0 Å². The molecule has 1 amide bonds. The van der Waals surface area contributed by atoms with Gasteiger partial charge in [-0.1, -0.05) is 12.1 Å². The quantitative estimate of drug-likeness (QED) is 0.821. The molecule has 0 bridgehead atoms. The summed E-state index contributed by atoms with van der Waals surface area (Å²) < 4.78 is 0. The van der Waals surface area contributed by atoms with E-state index in [0.29, 0.717) is 19.5 Å². The van der Waals surface area contributed by atoms with Crippen LogP contribution in [0, 0.1) is 23.8 Å². The van der Waals surface area contributed by atoms with Crippen molar-refractivity contribution < 1.29 is 4.79 Å². The number of likely N-dealkylation sites (tertiary alicyclic amines) is 1. The Hall–Kier alpha value is -2.87. The van der Waals surface area contributed by atoms with Gasteiger partial charge in [0.25, 0.3) is 0 Å². The number of benzene rings is 1. The minimum Gasteiger partial charge on any atom is -0.325 e. The molecular weight excluding hydrogens is 300 g/mol. The van der Waals surface area contributed by atoms with Crippen LogP contribution in [0.4, 0.5) is 5.69 Å². The predicted octanol–water partition coefficient (Wildman–Crippen LogP) is 2.72. The Morgan fingerprint density at radius 3 is 2.88 bits per heavy atom. The molecule has 1 unspecified atom stereocenters. The van der Waals surface area contributed by atoms with Crippen LogP contribution in [-0.2, 0) is 11.2 Å². The van der Waals surface area contributed by atoms with E-state index in [2.05, 4.69) is 28.6 Å². The van der Waals surface area contributed by atoms with Gasteiger partial charge in [0, 0.05) is 30.7 Å². The molecule has 1 aromatic carbocycles. The molecule has 5 heteroatoms. The summed E-state index contributed by atoms with van der Waals surface area (Å²) in [6.45, 7) is 3.14. The molecule has 3 heterocycles. The Bertz CT molecular complexity index is 870. The van der Waals surface area contributed by atoms with Crippen molar-refractivity contribution in [1.82, 2.24) is 9.88 Å². The summed E-state index contributed by atoms with van der Waals surface area (Å²) in [5.74, 6) is 0.0378. The van der Waals surface area contributed by atoms with Crippen LogP contribution in [0.25, 0.3) is 11.1 Å². The highest BCUT2D eigenvalue weighted by Crippen LogP contribution is 2.41. The molecule has 1 N–H and O–H groups in total. The van der Waals surface area contributed by atoms with Gasteiger partial charge in [-0.05, 0) is 54.7 Å². The van der Waals surface area contributed by atoms with Crippen LogP contribution in [0.5, 0.6) is 0 Å². The van der Waals surface area contributed by atoms with Gasteiger partial charge < -0.3 is 10.2 Å². The van der Waals surface area contributed by atoms with E-state index in [1.165, 1.54) is 0 Å². The van der Waals surface area contributed by atoms with Crippen molar-refractivity contribution in [2.45, 2.75) is 19.8 Å². The number of carbonyl (C=O) groups is 1. The molecule has 2 aliphatic heterocycles. The van der Waals surface area contributed by atoms with Crippen LogP contribution in [0.15, 0.2) is 36.5 Å². The third kappa shape index (κ3) is 2.31. The maximum atomic E-state index is 12.7. The van der Waals surface area contributed by atoms with E-state index in [0.717, 1.165) is 34.5 Å². The molecule has 1 fully saturated rings. The van der Waals surface area contributed by atoms with E-state index in [-0.39, 0.29) is 5.91 Å². The third-order valence-corrected chi connectivity index (χ3v) is 5.09. The SMILES string of the molecule is Cc1cc(-c2ccc3c(c2)NC(=O)C2(CCN(C#N)C2)C3)ccn1. The van der Waals surface area contributed by atoms with Gasteiger partial charge in [0.05, 0.1) is 5.41 Å². The van der Waals surface area contributed by atoms with Crippen LogP contribution >= 0.6 is 0 Å². The van der Waals surface area contributed by atoms with E-state index in [9.17, 15) is 4.79 Å². The number of nitrogens with zero attached hydrogens (tertiary/aromatic N) is 3. The van der Waals surface area contributed by atoms with E-state index in [4.69, 9.17) is 5.26 Å². The molecule has 0 saturated carbocycles. The number of carbonyl (C=O) groups excluding carboxylic acids is 1. The molecule has 1 atom stereocenters. The van der Waals surface area contributed by atoms with Crippen molar-refractivity contribution >= 4 is 11.6 Å². The van der Waals surface area contributed by atoms with E-state index >= 15 is 0 Å². The molecule has 0 aliphatic carbocycles. The Morgan fingerprint density at radius 2 is 2.12 bits per heavy atom. The molecule has 24 heavy (non-hydrogen) atoms. The van der Waals surface area contributed by atoms with E-state index in [1.54, 1.807) is 11.1 Å². The lowest BCUT2D eigenvalue weighted by Gasteiger charge is -2.33. The summed E-state index contributed by atoms with van der Waals surface area (Å²) in [6.07, 6.45) is 5.39. The number of rotatable bonds is 1. The lowest BCUT2D eigenvalue weighted by molar-refractivity contribution is -0.125. The highest BCUT2D eigenvalue weighted by Gasteiger charge is 2.47. The van der Waals surface area contributed by atoms with Gasteiger partial charge in [-0.15, -0.1) is 0 Å². The largest absolute Gasteiger partial charge is 0.325 e. The first kappa shape index (κ1) is 14.7. The molecular formula is C19H18N4O. The maximum absolute atomic E-state index is 12.7. The molecule has 1 aromatic heterocycles. The second-order valence-corrected chi connectivity index (χ2v) is 6.74. The van der Waals surface area contributed by atoms with Gasteiger partial charge in [-0.3, -0.25) is 9.78 Å². The fraction of sp³-hybridized carbons (Fsp3) is 0.316. The number of fused-ring (bicyclic) bond motifs is 1. The molecule has 4 rings (SSSR count). The lowest BCUT2D eigenvalue weighted by Crippen LogP contribution is -2.43. The first-order chi connectivity index (χ1) is 11.6. The number of pyridine rings is 1. The second kappa shape index (κ2) is 5.34. The molecule has 1 spiro atoms. The Balaban J connectivity index is 1.68. The fourth-order valence-electron chi connectivity index (χ4n) is 3.74. The van der Waals surface area contributed by atoms with Gasteiger partial charge in [0.1, 0.15) is 0 Å². The second-order valence-electron chi connectivity index (χ2n) is 6.74. The third-order valence-electron chi connectivity index (χ3n) is 5.09. The molecule has 120 valence electrons. The van der Waals surface area contributed by atoms with Crippen molar-refractivity contribution in [3.8, 4) is 17.3 Å².